The maximum Gasteiger partial charge on any atom is 0.283 e. The maximum atomic E-state index is 13.0. The van der Waals surface area contributed by atoms with Gasteiger partial charge >= 0.3 is 0 Å². The number of carbonyl (C=O) groups is 2. The van der Waals surface area contributed by atoms with Crippen LogP contribution >= 0.6 is 0 Å². The number of anilines is 2. The highest BCUT2D eigenvalue weighted by atomic mass is 16.2. The van der Waals surface area contributed by atoms with Crippen LogP contribution in [0, 0.1) is 5.92 Å². The third kappa shape index (κ3) is 2.98. The van der Waals surface area contributed by atoms with Crippen LogP contribution in [0.2, 0.25) is 0 Å². The van der Waals surface area contributed by atoms with Crippen LogP contribution in [0.25, 0.3) is 0 Å². The largest absolute Gasteiger partial charge is 0.327 e. The minimum Gasteiger partial charge on any atom is -0.327 e. The van der Waals surface area contributed by atoms with Gasteiger partial charge in [0, 0.05) is 5.92 Å². The number of nitrogens with zero attached hydrogens (tertiary/aromatic N) is 1. The normalized spacial score (nSPS) is 26.4. The number of fused-ring (bicyclic) bond motifs is 1. The van der Waals surface area contributed by atoms with E-state index < -0.39 is 5.54 Å². The van der Waals surface area contributed by atoms with E-state index in [0.29, 0.717) is 18.2 Å². The number of para-hydroxylation sites is 2. The van der Waals surface area contributed by atoms with Crippen LogP contribution in [0.1, 0.15) is 33.6 Å². The molecule has 2 N–H and O–H groups in total. The van der Waals surface area contributed by atoms with E-state index in [1.165, 1.54) is 17.7 Å². The fourth-order valence-electron chi connectivity index (χ4n) is 3.75. The van der Waals surface area contributed by atoms with E-state index in [0.717, 1.165) is 18.8 Å². The van der Waals surface area contributed by atoms with Gasteiger partial charge in [0.1, 0.15) is 5.54 Å². The summed E-state index contributed by atoms with van der Waals surface area (Å²) in [6.07, 6.45) is 2.42. The molecule has 0 saturated carbocycles. The summed E-state index contributed by atoms with van der Waals surface area (Å²) in [5.41, 5.74) is 0.644. The molecule has 2 atom stereocenters. The smallest absolute Gasteiger partial charge is 0.283 e. The van der Waals surface area contributed by atoms with Gasteiger partial charge in [-0.2, -0.15) is 0 Å². The molecule has 0 radical (unpaired) electrons. The fraction of sp³-hybridized carbons (Fsp3) is 0.556. The first-order valence-corrected chi connectivity index (χ1v) is 8.46. The first-order valence-electron chi connectivity index (χ1n) is 8.46. The predicted octanol–water partition coefficient (Wildman–Crippen LogP) is 1.07. The highest BCUT2D eigenvalue weighted by Gasteiger charge is 2.44. The van der Waals surface area contributed by atoms with Crippen LogP contribution in [-0.2, 0) is 9.59 Å². The average Bonchev–Trinajstić information content (AvgIpc) is 2.48. The monoisotopic (exact) mass is 316 g/mol. The topological polar surface area (TPSA) is 53.9 Å². The molecular weight excluding hydrogens is 290 g/mol. The van der Waals surface area contributed by atoms with Crippen LogP contribution in [0.4, 0.5) is 11.4 Å². The van der Waals surface area contributed by atoms with Gasteiger partial charge in [-0.3, -0.25) is 14.5 Å². The Kier molecular flexibility index (Phi) is 4.15. The Balaban J connectivity index is 1.86. The minimum absolute atomic E-state index is 0.0291. The molecule has 1 unspecified atom stereocenters. The first kappa shape index (κ1) is 16.0. The van der Waals surface area contributed by atoms with Crippen molar-refractivity contribution in [2.24, 2.45) is 5.92 Å². The lowest BCUT2D eigenvalue weighted by Gasteiger charge is -2.42. The third-order valence-electron chi connectivity index (χ3n) is 5.02. The molecule has 0 aliphatic carbocycles. The summed E-state index contributed by atoms with van der Waals surface area (Å²) in [5.74, 6) is 0.560. The van der Waals surface area contributed by atoms with Crippen LogP contribution < -0.4 is 15.1 Å². The lowest BCUT2D eigenvalue weighted by molar-refractivity contribution is -0.900. The number of rotatable bonds is 2. The molecular formula is C18H26N3O2+. The number of nitrogens with one attached hydrogen (secondary N) is 2. The summed E-state index contributed by atoms with van der Waals surface area (Å²) in [6, 6.07) is 7.53. The van der Waals surface area contributed by atoms with Crippen molar-refractivity contribution in [1.82, 2.24) is 0 Å². The quantitative estimate of drug-likeness (QED) is 0.857. The average molecular weight is 316 g/mol. The van der Waals surface area contributed by atoms with Crippen molar-refractivity contribution in [2.75, 3.05) is 29.9 Å². The van der Waals surface area contributed by atoms with Crippen molar-refractivity contribution in [3.8, 4) is 0 Å². The van der Waals surface area contributed by atoms with E-state index in [4.69, 9.17) is 0 Å². The van der Waals surface area contributed by atoms with E-state index in [1.54, 1.807) is 4.90 Å². The zero-order valence-corrected chi connectivity index (χ0v) is 14.2. The molecule has 1 aromatic carbocycles. The molecule has 23 heavy (non-hydrogen) atoms. The van der Waals surface area contributed by atoms with Gasteiger partial charge in [0.05, 0.1) is 24.5 Å². The number of hydrogen-bond donors (Lipinski definition) is 2. The van der Waals surface area contributed by atoms with Crippen LogP contribution in [0.5, 0.6) is 0 Å². The number of amides is 2. The Bertz CT molecular complexity index is 626. The molecule has 5 nitrogen and oxygen atoms in total. The number of likely N-dealkylation sites (tertiary alicyclic amines) is 1. The molecule has 0 bridgehead atoms. The van der Waals surface area contributed by atoms with Crippen LogP contribution in [0.15, 0.2) is 24.3 Å². The van der Waals surface area contributed by atoms with Gasteiger partial charge < -0.3 is 10.2 Å². The standard InChI is InChI=1S/C18H25N3O2/c1-13-7-6-10-20(11-13)12-16(22)21-15-9-5-4-8-14(15)19-17(23)18(21,2)3/h4-5,8-9,13H,6-7,10-12H2,1-3H3,(H,19,23)/p+1/t13-/m1/s1. The Hall–Kier alpha value is -1.88. The van der Waals surface area contributed by atoms with Crippen LogP contribution in [0.3, 0.4) is 0 Å². The molecule has 1 aromatic rings. The van der Waals surface area contributed by atoms with Gasteiger partial charge in [-0.25, -0.2) is 0 Å². The third-order valence-corrected chi connectivity index (χ3v) is 5.02. The molecule has 2 heterocycles. The molecule has 5 heteroatoms. The van der Waals surface area contributed by atoms with E-state index in [-0.39, 0.29) is 11.8 Å². The summed E-state index contributed by atoms with van der Waals surface area (Å²) in [6.45, 7) is 8.40. The van der Waals surface area contributed by atoms with Crippen molar-refractivity contribution >= 4 is 23.2 Å². The summed E-state index contributed by atoms with van der Waals surface area (Å²) in [5, 5.41) is 2.91. The second kappa shape index (κ2) is 5.96. The van der Waals surface area contributed by atoms with Gasteiger partial charge in [-0.05, 0) is 38.8 Å². The Morgan fingerprint density at radius 2 is 2.13 bits per heavy atom. The predicted molar refractivity (Wildman–Crippen MR) is 90.6 cm³/mol. The Morgan fingerprint density at radius 3 is 2.87 bits per heavy atom. The van der Waals surface area contributed by atoms with E-state index in [2.05, 4.69) is 12.2 Å². The summed E-state index contributed by atoms with van der Waals surface area (Å²) in [4.78, 5) is 28.5. The Labute approximate surface area is 137 Å². The highest BCUT2D eigenvalue weighted by molar-refractivity contribution is 6.14. The van der Waals surface area contributed by atoms with Gasteiger partial charge in [0.2, 0.25) is 5.91 Å². The van der Waals surface area contributed by atoms with Gasteiger partial charge in [-0.1, -0.05) is 19.1 Å². The summed E-state index contributed by atoms with van der Waals surface area (Å²) in [7, 11) is 0. The van der Waals surface area contributed by atoms with E-state index >= 15 is 0 Å². The van der Waals surface area contributed by atoms with E-state index in [9.17, 15) is 9.59 Å². The number of hydrogen-bond acceptors (Lipinski definition) is 2. The molecule has 0 spiro atoms. The van der Waals surface area contributed by atoms with Crippen molar-refractivity contribution in [3.63, 3.8) is 0 Å². The molecule has 2 aliphatic heterocycles. The molecule has 1 saturated heterocycles. The second-order valence-corrected chi connectivity index (χ2v) is 7.39. The maximum absolute atomic E-state index is 13.0. The van der Waals surface area contributed by atoms with Crippen molar-refractivity contribution in [3.05, 3.63) is 24.3 Å². The van der Waals surface area contributed by atoms with Gasteiger partial charge in [-0.15, -0.1) is 0 Å². The van der Waals surface area contributed by atoms with Crippen molar-refractivity contribution in [1.29, 1.82) is 0 Å². The summed E-state index contributed by atoms with van der Waals surface area (Å²) >= 11 is 0. The fourth-order valence-corrected chi connectivity index (χ4v) is 3.75. The Morgan fingerprint density at radius 1 is 1.39 bits per heavy atom. The van der Waals surface area contributed by atoms with Gasteiger partial charge in [0.25, 0.3) is 5.91 Å². The summed E-state index contributed by atoms with van der Waals surface area (Å²) < 4.78 is 0. The number of benzene rings is 1. The molecule has 3 rings (SSSR count). The molecule has 1 fully saturated rings. The van der Waals surface area contributed by atoms with E-state index in [1.807, 2.05) is 38.1 Å². The molecule has 2 aliphatic rings. The van der Waals surface area contributed by atoms with Crippen molar-refractivity contribution in [2.45, 2.75) is 39.2 Å². The van der Waals surface area contributed by atoms with Crippen LogP contribution in [-0.4, -0.2) is 37.0 Å². The molecule has 2 amide bonds. The SMILES string of the molecule is C[C@@H]1CCC[NH+](CC(=O)N2c3ccccc3NC(=O)C2(C)C)C1. The highest BCUT2D eigenvalue weighted by Crippen LogP contribution is 2.36. The van der Waals surface area contributed by atoms with Crippen molar-refractivity contribution < 1.29 is 14.5 Å². The van der Waals surface area contributed by atoms with Gasteiger partial charge in [0.15, 0.2) is 6.54 Å². The lowest BCUT2D eigenvalue weighted by atomic mass is 9.95. The zero-order chi connectivity index (χ0) is 16.6. The minimum atomic E-state index is -0.869. The number of quaternary nitrogens is 1. The first-order chi connectivity index (χ1) is 10.9. The molecule has 124 valence electrons. The second-order valence-electron chi connectivity index (χ2n) is 7.39. The molecule has 0 aromatic heterocycles. The zero-order valence-electron chi connectivity index (χ0n) is 14.2. The number of carbonyl (C=O) groups excluding carboxylic acids is 2. The number of piperidine rings is 1. The lowest BCUT2D eigenvalue weighted by Crippen LogP contribution is -3.14.